The molecular formula is C14H14INO4S. The van der Waals surface area contributed by atoms with Crippen LogP contribution in [0.3, 0.4) is 0 Å². The van der Waals surface area contributed by atoms with E-state index in [1.54, 1.807) is 24.3 Å². The summed E-state index contributed by atoms with van der Waals surface area (Å²) < 4.78 is 33.2. The molecule has 0 amide bonds. The Morgan fingerprint density at radius 3 is 2.24 bits per heavy atom. The third-order valence-corrected chi connectivity index (χ3v) is 4.71. The van der Waals surface area contributed by atoms with Gasteiger partial charge in [-0.25, -0.2) is 8.42 Å². The maximum Gasteiger partial charge on any atom is 0.261 e. The summed E-state index contributed by atoms with van der Waals surface area (Å²) in [5.74, 6) is 0.511. The van der Waals surface area contributed by atoms with Crippen molar-refractivity contribution < 1.29 is 18.3 Å². The smallest absolute Gasteiger partial charge is 0.261 e. The fourth-order valence-corrected chi connectivity index (χ4v) is 3.03. The van der Waals surface area contributed by atoms with Crippen molar-refractivity contribution in [3.05, 3.63) is 52.1 Å². The first-order valence-corrected chi connectivity index (χ1v) is 8.69. The molecule has 0 fully saturated rings. The predicted molar refractivity (Wildman–Crippen MR) is 89.0 cm³/mol. The number of rotatable bonds is 6. The molecule has 2 N–H and O–H groups in total. The van der Waals surface area contributed by atoms with Crippen molar-refractivity contribution in [1.29, 1.82) is 0 Å². The minimum atomic E-state index is -3.62. The molecule has 112 valence electrons. The molecule has 0 saturated carbocycles. The number of benzene rings is 2. The van der Waals surface area contributed by atoms with E-state index in [4.69, 9.17) is 9.84 Å². The maximum absolute atomic E-state index is 12.2. The van der Waals surface area contributed by atoms with Crippen molar-refractivity contribution in [1.82, 2.24) is 0 Å². The van der Waals surface area contributed by atoms with E-state index in [-0.39, 0.29) is 18.1 Å². The van der Waals surface area contributed by atoms with Crippen LogP contribution in [0.15, 0.2) is 53.4 Å². The standard InChI is InChI=1S/C14H14INO4S/c15-11-1-3-12(4-2-11)16-21(18,19)14-7-5-13(6-8-14)20-10-9-17/h1-8,16-17H,9-10H2. The van der Waals surface area contributed by atoms with E-state index in [9.17, 15) is 8.42 Å². The van der Waals surface area contributed by atoms with Gasteiger partial charge >= 0.3 is 0 Å². The Bertz CT molecular complexity index is 684. The lowest BCUT2D eigenvalue weighted by atomic mass is 10.3. The molecule has 0 saturated heterocycles. The van der Waals surface area contributed by atoms with Crippen LogP contribution >= 0.6 is 22.6 Å². The molecule has 0 aromatic heterocycles. The number of hydrogen-bond acceptors (Lipinski definition) is 4. The number of anilines is 1. The van der Waals surface area contributed by atoms with Crippen LogP contribution < -0.4 is 9.46 Å². The molecule has 0 aliphatic rings. The first-order chi connectivity index (χ1) is 10.0. The normalized spacial score (nSPS) is 11.1. The minimum Gasteiger partial charge on any atom is -0.491 e. The van der Waals surface area contributed by atoms with Crippen LogP contribution in [0.5, 0.6) is 5.75 Å². The number of aliphatic hydroxyl groups is 1. The number of ether oxygens (including phenoxy) is 1. The van der Waals surface area contributed by atoms with Crippen molar-refractivity contribution in [2.75, 3.05) is 17.9 Å². The first kappa shape index (κ1) is 16.1. The largest absolute Gasteiger partial charge is 0.491 e. The Balaban J connectivity index is 2.13. The second-order valence-corrected chi connectivity index (χ2v) is 7.08. The lowest BCUT2D eigenvalue weighted by Crippen LogP contribution is -2.12. The highest BCUT2D eigenvalue weighted by molar-refractivity contribution is 14.1. The molecule has 5 nitrogen and oxygen atoms in total. The lowest BCUT2D eigenvalue weighted by molar-refractivity contribution is 0.201. The number of aliphatic hydroxyl groups excluding tert-OH is 1. The van der Waals surface area contributed by atoms with E-state index in [0.717, 1.165) is 3.57 Å². The van der Waals surface area contributed by atoms with Crippen molar-refractivity contribution in [2.24, 2.45) is 0 Å². The fourth-order valence-electron chi connectivity index (χ4n) is 1.61. The first-order valence-electron chi connectivity index (χ1n) is 6.13. The van der Waals surface area contributed by atoms with Gasteiger partial charge in [-0.05, 0) is 71.1 Å². The van der Waals surface area contributed by atoms with Crippen LogP contribution in [0, 0.1) is 3.57 Å². The Kier molecular flexibility index (Phi) is 5.43. The van der Waals surface area contributed by atoms with Crippen LogP contribution in [0.1, 0.15) is 0 Å². The van der Waals surface area contributed by atoms with E-state index in [1.807, 2.05) is 12.1 Å². The second kappa shape index (κ2) is 7.10. The van der Waals surface area contributed by atoms with Gasteiger partial charge in [-0.2, -0.15) is 0 Å². The molecule has 2 aromatic carbocycles. The molecule has 2 aromatic rings. The summed E-state index contributed by atoms with van der Waals surface area (Å²) in [6.07, 6.45) is 0. The van der Waals surface area contributed by atoms with E-state index < -0.39 is 10.0 Å². The van der Waals surface area contributed by atoms with E-state index >= 15 is 0 Å². The molecular weight excluding hydrogens is 405 g/mol. The lowest BCUT2D eigenvalue weighted by Gasteiger charge is -2.09. The van der Waals surface area contributed by atoms with Gasteiger partial charge in [0.1, 0.15) is 12.4 Å². The molecule has 2 rings (SSSR count). The Morgan fingerprint density at radius 2 is 1.67 bits per heavy atom. The molecule has 0 radical (unpaired) electrons. The SMILES string of the molecule is O=S(=O)(Nc1ccc(I)cc1)c1ccc(OCCO)cc1. The molecule has 21 heavy (non-hydrogen) atoms. The van der Waals surface area contributed by atoms with Gasteiger partial charge in [-0.15, -0.1) is 0 Å². The Labute approximate surface area is 137 Å². The van der Waals surface area contributed by atoms with Crippen molar-refractivity contribution >= 4 is 38.3 Å². The average Bonchev–Trinajstić information content (AvgIpc) is 2.48. The summed E-state index contributed by atoms with van der Waals surface area (Å²) in [5, 5.41) is 8.66. The summed E-state index contributed by atoms with van der Waals surface area (Å²) in [6, 6.07) is 13.1. The predicted octanol–water partition coefficient (Wildman–Crippen LogP) is 2.46. The fraction of sp³-hybridized carbons (Fsp3) is 0.143. The molecule has 0 spiro atoms. The Morgan fingerprint density at radius 1 is 1.05 bits per heavy atom. The molecule has 0 bridgehead atoms. The molecule has 0 unspecified atom stereocenters. The third-order valence-electron chi connectivity index (χ3n) is 2.59. The topological polar surface area (TPSA) is 75.6 Å². The van der Waals surface area contributed by atoms with Crippen molar-refractivity contribution in [3.63, 3.8) is 0 Å². The van der Waals surface area contributed by atoms with Crippen LogP contribution in [0.25, 0.3) is 0 Å². The zero-order valence-electron chi connectivity index (χ0n) is 11.0. The molecule has 0 atom stereocenters. The van der Waals surface area contributed by atoms with Gasteiger partial charge in [0.15, 0.2) is 0 Å². The molecule has 7 heteroatoms. The molecule has 0 aliphatic heterocycles. The highest BCUT2D eigenvalue weighted by Crippen LogP contribution is 2.20. The van der Waals surface area contributed by atoms with Crippen LogP contribution in [0.4, 0.5) is 5.69 Å². The van der Waals surface area contributed by atoms with Gasteiger partial charge in [0.25, 0.3) is 10.0 Å². The number of sulfonamides is 1. The summed E-state index contributed by atoms with van der Waals surface area (Å²) in [6.45, 7) is 0.0847. The highest BCUT2D eigenvalue weighted by Gasteiger charge is 2.14. The molecule has 0 heterocycles. The van der Waals surface area contributed by atoms with Crippen molar-refractivity contribution in [2.45, 2.75) is 4.90 Å². The van der Waals surface area contributed by atoms with Gasteiger partial charge in [-0.1, -0.05) is 0 Å². The van der Waals surface area contributed by atoms with Crippen molar-refractivity contribution in [3.8, 4) is 5.75 Å². The van der Waals surface area contributed by atoms with Gasteiger partial charge in [0.05, 0.1) is 11.5 Å². The summed E-state index contributed by atoms with van der Waals surface area (Å²) in [5.41, 5.74) is 0.510. The minimum absolute atomic E-state index is 0.0889. The number of halogens is 1. The molecule has 0 aliphatic carbocycles. The summed E-state index contributed by atoms with van der Waals surface area (Å²) in [7, 11) is -3.62. The van der Waals surface area contributed by atoms with Gasteiger partial charge < -0.3 is 9.84 Å². The van der Waals surface area contributed by atoms with Gasteiger partial charge in [0.2, 0.25) is 0 Å². The van der Waals surface area contributed by atoms with E-state index in [2.05, 4.69) is 27.3 Å². The average molecular weight is 419 g/mol. The van der Waals surface area contributed by atoms with E-state index in [1.165, 1.54) is 12.1 Å². The Hall–Kier alpha value is -1.32. The second-order valence-electron chi connectivity index (χ2n) is 4.16. The third kappa shape index (κ3) is 4.58. The van der Waals surface area contributed by atoms with Crippen LogP contribution in [0.2, 0.25) is 0 Å². The monoisotopic (exact) mass is 419 g/mol. The maximum atomic E-state index is 12.2. The highest BCUT2D eigenvalue weighted by atomic mass is 127. The quantitative estimate of drug-likeness (QED) is 0.706. The number of nitrogens with one attached hydrogen (secondary N) is 1. The van der Waals surface area contributed by atoms with Crippen LogP contribution in [-0.4, -0.2) is 26.7 Å². The van der Waals surface area contributed by atoms with Crippen LogP contribution in [-0.2, 0) is 10.0 Å². The zero-order valence-corrected chi connectivity index (χ0v) is 14.0. The van der Waals surface area contributed by atoms with Gasteiger partial charge in [-0.3, -0.25) is 4.72 Å². The zero-order chi connectivity index (χ0) is 15.3. The number of hydrogen-bond donors (Lipinski definition) is 2. The summed E-state index contributed by atoms with van der Waals surface area (Å²) >= 11 is 2.15. The summed E-state index contributed by atoms with van der Waals surface area (Å²) in [4.78, 5) is 0.150. The van der Waals surface area contributed by atoms with E-state index in [0.29, 0.717) is 11.4 Å². The van der Waals surface area contributed by atoms with Gasteiger partial charge in [0, 0.05) is 9.26 Å².